The first-order valence-corrected chi connectivity index (χ1v) is 14.9. The van der Waals surface area contributed by atoms with Crippen LogP contribution in [0.15, 0.2) is 53.6 Å². The van der Waals surface area contributed by atoms with E-state index in [0.29, 0.717) is 71.8 Å². The highest BCUT2D eigenvalue weighted by Gasteiger charge is 2.37. The molecule has 2 N–H and O–H groups in total. The largest absolute Gasteiger partial charge is 0.497 e. The second-order valence-corrected chi connectivity index (χ2v) is 12.1. The van der Waals surface area contributed by atoms with Crippen molar-refractivity contribution in [2.75, 3.05) is 32.5 Å². The van der Waals surface area contributed by atoms with E-state index < -0.39 is 29.2 Å². The Labute approximate surface area is 246 Å². The first-order chi connectivity index (χ1) is 19.5. The van der Waals surface area contributed by atoms with Crippen LogP contribution in [0, 0.1) is 5.41 Å². The lowest BCUT2D eigenvalue weighted by molar-refractivity contribution is -0.141. The average Bonchev–Trinajstić information content (AvgIpc) is 2.94. The summed E-state index contributed by atoms with van der Waals surface area (Å²) in [5.41, 5.74) is 0.168. The topological polar surface area (TPSA) is 82.9 Å². The fourth-order valence-electron chi connectivity index (χ4n) is 5.60. The maximum absolute atomic E-state index is 13.2. The van der Waals surface area contributed by atoms with Crippen LogP contribution in [0.1, 0.15) is 55.8 Å². The number of piperidine rings is 1. The Morgan fingerprint density at radius 2 is 1.95 bits per heavy atom. The van der Waals surface area contributed by atoms with Gasteiger partial charge in [0, 0.05) is 22.0 Å². The number of aromatic nitrogens is 1. The van der Waals surface area contributed by atoms with Crippen LogP contribution in [-0.4, -0.2) is 58.6 Å². The van der Waals surface area contributed by atoms with Crippen molar-refractivity contribution < 1.29 is 32.9 Å². The van der Waals surface area contributed by atoms with E-state index in [9.17, 15) is 28.2 Å². The highest BCUT2D eigenvalue weighted by atomic mass is 35.5. The van der Waals surface area contributed by atoms with Gasteiger partial charge in [0.15, 0.2) is 0 Å². The third-order valence-corrected chi connectivity index (χ3v) is 9.32. The minimum atomic E-state index is -4.37. The van der Waals surface area contributed by atoms with Gasteiger partial charge >= 0.3 is 12.1 Å². The van der Waals surface area contributed by atoms with Gasteiger partial charge in [0.05, 0.1) is 35.7 Å². The van der Waals surface area contributed by atoms with Crippen molar-refractivity contribution in [2.45, 2.75) is 55.7 Å². The molecule has 2 aromatic carbocycles. The van der Waals surface area contributed by atoms with Crippen molar-refractivity contribution in [1.29, 1.82) is 0 Å². The molecule has 0 aliphatic carbocycles. The lowest BCUT2D eigenvalue weighted by Crippen LogP contribution is -2.41. The zero-order chi connectivity index (χ0) is 29.6. The van der Waals surface area contributed by atoms with Crippen LogP contribution in [0.4, 0.5) is 13.2 Å². The van der Waals surface area contributed by atoms with Crippen molar-refractivity contribution in [1.82, 2.24) is 9.88 Å². The Balaban J connectivity index is 1.34. The molecule has 0 bridgehead atoms. The molecule has 1 aliphatic heterocycles. The number of carboxylic acids is 1. The van der Waals surface area contributed by atoms with E-state index in [2.05, 4.69) is 9.88 Å². The van der Waals surface area contributed by atoms with E-state index in [-0.39, 0.29) is 11.3 Å². The predicted molar refractivity (Wildman–Crippen MR) is 155 cm³/mol. The molecule has 4 rings (SSSR count). The molecule has 0 amide bonds. The van der Waals surface area contributed by atoms with Crippen LogP contribution in [0.3, 0.4) is 0 Å². The highest BCUT2D eigenvalue weighted by Crippen LogP contribution is 2.43. The van der Waals surface area contributed by atoms with Gasteiger partial charge in [0.2, 0.25) is 0 Å². The summed E-state index contributed by atoms with van der Waals surface area (Å²) in [4.78, 5) is 18.6. The molecule has 2 heterocycles. The Hall–Kier alpha value is -2.53. The molecule has 0 spiro atoms. The summed E-state index contributed by atoms with van der Waals surface area (Å²) in [5, 5.41) is 21.9. The van der Waals surface area contributed by atoms with Crippen molar-refractivity contribution in [3.63, 3.8) is 0 Å². The number of fused-ring (bicyclic) bond motifs is 1. The monoisotopic (exact) mass is 610 g/mol. The fourth-order valence-corrected chi connectivity index (χ4v) is 6.89. The van der Waals surface area contributed by atoms with E-state index in [1.54, 1.807) is 31.4 Å². The summed E-state index contributed by atoms with van der Waals surface area (Å²) in [5.74, 6) is 0.305. The number of thioether (sulfide) groups is 1. The number of benzene rings is 2. The first-order valence-electron chi connectivity index (χ1n) is 13.5. The maximum Gasteiger partial charge on any atom is 0.417 e. The quantitative estimate of drug-likeness (QED) is 0.163. The number of hydrogen-bond donors (Lipinski definition) is 2. The van der Waals surface area contributed by atoms with E-state index in [4.69, 9.17) is 16.3 Å². The molecular formula is C30H34ClF3N2O4S. The van der Waals surface area contributed by atoms with Crippen molar-refractivity contribution >= 4 is 40.2 Å². The molecular weight excluding hydrogens is 577 g/mol. The minimum Gasteiger partial charge on any atom is -0.497 e. The van der Waals surface area contributed by atoms with Gasteiger partial charge in [0.25, 0.3) is 0 Å². The van der Waals surface area contributed by atoms with E-state index >= 15 is 0 Å². The molecule has 6 nitrogen and oxygen atoms in total. The number of carbonyl (C=O) groups is 1. The summed E-state index contributed by atoms with van der Waals surface area (Å²) < 4.78 is 45.1. The van der Waals surface area contributed by atoms with Gasteiger partial charge < -0.3 is 19.8 Å². The van der Waals surface area contributed by atoms with Crippen molar-refractivity contribution in [3.05, 3.63) is 64.8 Å². The summed E-state index contributed by atoms with van der Waals surface area (Å²) in [6, 6.07) is 11.0. The van der Waals surface area contributed by atoms with Crippen LogP contribution >= 0.6 is 23.4 Å². The van der Waals surface area contributed by atoms with Gasteiger partial charge in [-0.25, -0.2) is 0 Å². The molecule has 1 fully saturated rings. The number of alkyl halides is 3. The second-order valence-electron chi connectivity index (χ2n) is 10.6. The normalized spacial score (nSPS) is 16.5. The molecule has 11 heteroatoms. The maximum atomic E-state index is 13.2. The molecule has 0 radical (unpaired) electrons. The zero-order valence-corrected chi connectivity index (χ0v) is 24.4. The van der Waals surface area contributed by atoms with Gasteiger partial charge in [-0.05, 0) is 93.2 Å². The van der Waals surface area contributed by atoms with Gasteiger partial charge in [0.1, 0.15) is 5.75 Å². The van der Waals surface area contributed by atoms with Gasteiger partial charge in [-0.1, -0.05) is 23.7 Å². The van der Waals surface area contributed by atoms with E-state index in [1.165, 1.54) is 30.1 Å². The number of halogens is 4. The molecule has 222 valence electrons. The lowest BCUT2D eigenvalue weighted by atomic mass is 9.71. The Bertz CT molecular complexity index is 1350. The molecule has 0 unspecified atom stereocenters. The molecule has 1 aliphatic rings. The number of hydrogen-bond acceptors (Lipinski definition) is 6. The summed E-state index contributed by atoms with van der Waals surface area (Å²) in [7, 11) is 1.56. The number of ether oxygens (including phenoxy) is 1. The third kappa shape index (κ3) is 8.06. The lowest BCUT2D eigenvalue weighted by Gasteiger charge is -2.41. The number of pyridine rings is 1. The molecule has 1 saturated heterocycles. The molecule has 1 aromatic heterocycles. The molecule has 0 saturated carbocycles. The first kappa shape index (κ1) is 31.4. The number of aliphatic carboxylic acids is 1. The van der Waals surface area contributed by atoms with Crippen LogP contribution in [0.25, 0.3) is 10.9 Å². The number of likely N-dealkylation sites (tertiary alicyclic amines) is 1. The smallest absolute Gasteiger partial charge is 0.417 e. The van der Waals surface area contributed by atoms with Crippen molar-refractivity contribution in [3.8, 4) is 5.75 Å². The minimum absolute atomic E-state index is 0.0102. The summed E-state index contributed by atoms with van der Waals surface area (Å²) >= 11 is 7.67. The number of nitrogens with zero attached hydrogens (tertiary/aromatic N) is 2. The number of methoxy groups -OCH3 is 1. The predicted octanol–water partition coefficient (Wildman–Crippen LogP) is 7.47. The summed E-state index contributed by atoms with van der Waals surface area (Å²) in [6.07, 6.45) is -0.847. The highest BCUT2D eigenvalue weighted by molar-refractivity contribution is 7.99. The van der Waals surface area contributed by atoms with E-state index in [1.807, 2.05) is 0 Å². The second kappa shape index (κ2) is 13.6. The number of carboxylic acid groups (broad SMARTS) is 1. The van der Waals surface area contributed by atoms with Gasteiger partial charge in [-0.2, -0.15) is 13.2 Å². The summed E-state index contributed by atoms with van der Waals surface area (Å²) in [6.45, 7) is 2.13. The van der Waals surface area contributed by atoms with Crippen molar-refractivity contribution in [2.24, 2.45) is 5.41 Å². The Morgan fingerprint density at radius 1 is 1.22 bits per heavy atom. The van der Waals surface area contributed by atoms with Crippen LogP contribution in [-0.2, 0) is 11.0 Å². The Morgan fingerprint density at radius 3 is 2.63 bits per heavy atom. The third-order valence-electron chi connectivity index (χ3n) is 7.86. The zero-order valence-electron chi connectivity index (χ0n) is 22.8. The number of aliphatic hydroxyl groups excluding tert-OH is 1. The van der Waals surface area contributed by atoms with Crippen LogP contribution in [0.5, 0.6) is 5.75 Å². The Kier molecular flexibility index (Phi) is 10.4. The molecule has 41 heavy (non-hydrogen) atoms. The van der Waals surface area contributed by atoms with Crippen LogP contribution < -0.4 is 4.74 Å². The average molecular weight is 611 g/mol. The standard InChI is InChI=1S/C30H34ClF3N2O4S/c1-40-20-7-8-24-21(17-20)28(23(31)19-35-24)25(37)9-10-29(18-27(38)39)11-14-36(15-12-29)13-4-16-41-26-6-3-2-5-22(26)30(32,33)34/h2-3,5-8,17,19,25,37H,4,9-16,18H2,1H3,(H,38,39)/t25-/m1/s1. The SMILES string of the molecule is COc1ccc2ncc(Cl)c([C@H](O)CCC3(CC(=O)O)CCN(CCCSc4ccccc4C(F)(F)F)CC3)c2c1. The number of aliphatic hydroxyl groups is 1. The van der Waals surface area contributed by atoms with E-state index in [0.717, 1.165) is 19.0 Å². The number of rotatable bonds is 12. The van der Waals surface area contributed by atoms with Gasteiger partial charge in [-0.15, -0.1) is 11.8 Å². The molecule has 1 atom stereocenters. The van der Waals surface area contributed by atoms with Gasteiger partial charge in [-0.3, -0.25) is 9.78 Å². The fraction of sp³-hybridized carbons (Fsp3) is 0.467. The van der Waals surface area contributed by atoms with Crippen LogP contribution in [0.2, 0.25) is 5.02 Å². The molecule has 3 aromatic rings.